The van der Waals surface area contributed by atoms with Crippen molar-refractivity contribution in [1.29, 1.82) is 0 Å². The summed E-state index contributed by atoms with van der Waals surface area (Å²) in [7, 11) is 1.75. The van der Waals surface area contributed by atoms with Crippen molar-refractivity contribution in [3.8, 4) is 0 Å². The molecule has 0 aromatic carbocycles. The Bertz CT molecular complexity index is 618. The smallest absolute Gasteiger partial charge is 0.239 e. The highest BCUT2D eigenvalue weighted by Crippen LogP contribution is 2.15. The number of ether oxygens (including phenoxy) is 1. The third-order valence-corrected chi connectivity index (χ3v) is 4.97. The number of aromatic nitrogens is 2. The quantitative estimate of drug-likeness (QED) is 0.878. The normalized spacial score (nSPS) is 16.6. The number of hydrogen-bond acceptors (Lipinski definition) is 5. The number of nitrogens with zero attached hydrogens (tertiary/aromatic N) is 3. The summed E-state index contributed by atoms with van der Waals surface area (Å²) in [5.74, 6) is 0.754. The average Bonchev–Trinajstić information content (AvgIpc) is 3.21. The molecule has 0 saturated carbocycles. The predicted octanol–water partition coefficient (Wildman–Crippen LogP) is 2.04. The summed E-state index contributed by atoms with van der Waals surface area (Å²) in [6, 6.07) is 5.92. The van der Waals surface area contributed by atoms with E-state index in [2.05, 4.69) is 21.4 Å². The second kappa shape index (κ2) is 7.72. The van der Waals surface area contributed by atoms with Crippen LogP contribution in [-0.2, 0) is 16.1 Å². The molecule has 2 aromatic heterocycles. The summed E-state index contributed by atoms with van der Waals surface area (Å²) in [6.07, 6.45) is 4.02. The van der Waals surface area contributed by atoms with Gasteiger partial charge < -0.3 is 10.1 Å². The van der Waals surface area contributed by atoms with Gasteiger partial charge in [0.05, 0.1) is 25.4 Å². The van der Waals surface area contributed by atoms with Crippen LogP contribution in [0.3, 0.4) is 0 Å². The van der Waals surface area contributed by atoms with Gasteiger partial charge in [0, 0.05) is 31.1 Å². The van der Waals surface area contributed by atoms with Gasteiger partial charge >= 0.3 is 0 Å². The summed E-state index contributed by atoms with van der Waals surface area (Å²) >= 11 is 1.69. The summed E-state index contributed by atoms with van der Waals surface area (Å²) in [5, 5.41) is 9.30. The zero-order valence-corrected chi connectivity index (χ0v) is 14.1. The number of hydrogen-bond donors (Lipinski definition) is 1. The first kappa shape index (κ1) is 16.2. The van der Waals surface area contributed by atoms with Crippen LogP contribution in [-0.4, -0.2) is 53.4 Å². The number of piperidine rings is 1. The zero-order valence-electron chi connectivity index (χ0n) is 13.3. The lowest BCUT2D eigenvalue weighted by atomic mass is 10.1. The van der Waals surface area contributed by atoms with E-state index >= 15 is 0 Å². The average molecular weight is 334 g/mol. The molecule has 1 N–H and O–H groups in total. The van der Waals surface area contributed by atoms with E-state index in [1.165, 1.54) is 4.88 Å². The monoisotopic (exact) mass is 334 g/mol. The number of methoxy groups -OCH3 is 1. The molecule has 2 aromatic rings. The Morgan fingerprint density at radius 1 is 1.43 bits per heavy atom. The molecule has 1 fully saturated rings. The molecule has 0 aliphatic carbocycles. The van der Waals surface area contributed by atoms with Gasteiger partial charge in [-0.25, -0.2) is 4.68 Å². The molecule has 0 atom stereocenters. The minimum atomic E-state index is 0.00814. The highest BCUT2D eigenvalue weighted by molar-refractivity contribution is 7.09. The van der Waals surface area contributed by atoms with E-state index in [1.807, 2.05) is 22.2 Å². The number of anilines is 1. The Labute approximate surface area is 140 Å². The minimum absolute atomic E-state index is 0.00814. The molecule has 0 radical (unpaired) electrons. The van der Waals surface area contributed by atoms with Gasteiger partial charge in [-0.1, -0.05) is 6.07 Å². The highest BCUT2D eigenvalue weighted by atomic mass is 32.1. The first-order valence-corrected chi connectivity index (χ1v) is 8.72. The van der Waals surface area contributed by atoms with Crippen LogP contribution in [0.2, 0.25) is 0 Å². The topological polar surface area (TPSA) is 59.4 Å². The van der Waals surface area contributed by atoms with Gasteiger partial charge in [-0.3, -0.25) is 9.69 Å². The highest BCUT2D eigenvalue weighted by Gasteiger charge is 2.20. The first-order valence-electron chi connectivity index (χ1n) is 7.84. The third kappa shape index (κ3) is 4.40. The van der Waals surface area contributed by atoms with Crippen LogP contribution >= 0.6 is 11.3 Å². The van der Waals surface area contributed by atoms with Crippen molar-refractivity contribution in [2.45, 2.75) is 25.5 Å². The van der Waals surface area contributed by atoms with Crippen molar-refractivity contribution in [2.24, 2.45) is 0 Å². The van der Waals surface area contributed by atoms with E-state index < -0.39 is 0 Å². The fourth-order valence-corrected chi connectivity index (χ4v) is 3.49. The Balaban J connectivity index is 1.51. The van der Waals surface area contributed by atoms with Crippen molar-refractivity contribution in [3.63, 3.8) is 0 Å². The molecule has 0 unspecified atom stereocenters. The van der Waals surface area contributed by atoms with E-state index in [1.54, 1.807) is 24.6 Å². The van der Waals surface area contributed by atoms with Crippen LogP contribution in [0.25, 0.3) is 0 Å². The standard InChI is InChI=1S/C16H22N4O2S/c1-22-13-5-8-19(9-6-13)12-16(21)18-15-4-7-17-20(15)11-14-3-2-10-23-14/h2-4,7,10,13H,5-6,8-9,11-12H2,1H3,(H,18,21). The van der Waals surface area contributed by atoms with Crippen molar-refractivity contribution in [3.05, 3.63) is 34.7 Å². The summed E-state index contributed by atoms with van der Waals surface area (Å²) in [4.78, 5) is 15.6. The maximum atomic E-state index is 12.3. The summed E-state index contributed by atoms with van der Waals surface area (Å²) < 4.78 is 7.18. The van der Waals surface area contributed by atoms with Crippen LogP contribution in [0.15, 0.2) is 29.8 Å². The number of carbonyl (C=O) groups excluding carboxylic acids is 1. The third-order valence-electron chi connectivity index (χ3n) is 4.10. The molecule has 6 nitrogen and oxygen atoms in total. The molecule has 23 heavy (non-hydrogen) atoms. The Hall–Kier alpha value is -1.70. The lowest BCUT2D eigenvalue weighted by molar-refractivity contribution is -0.118. The van der Waals surface area contributed by atoms with Gasteiger partial charge in [-0.15, -0.1) is 11.3 Å². The molecule has 1 aliphatic rings. The van der Waals surface area contributed by atoms with Gasteiger partial charge in [0.15, 0.2) is 0 Å². The van der Waals surface area contributed by atoms with Crippen LogP contribution in [0, 0.1) is 0 Å². The summed E-state index contributed by atoms with van der Waals surface area (Å²) in [5.41, 5.74) is 0. The van der Waals surface area contributed by atoms with E-state index in [0.29, 0.717) is 19.2 Å². The second-order valence-corrected chi connectivity index (χ2v) is 6.75. The fourth-order valence-electron chi connectivity index (χ4n) is 2.80. The largest absolute Gasteiger partial charge is 0.381 e. The van der Waals surface area contributed by atoms with Crippen LogP contribution in [0.5, 0.6) is 0 Å². The van der Waals surface area contributed by atoms with Gasteiger partial charge in [0.2, 0.25) is 5.91 Å². The molecule has 7 heteroatoms. The number of carbonyl (C=O) groups is 1. The Morgan fingerprint density at radius 2 is 2.26 bits per heavy atom. The van der Waals surface area contributed by atoms with Gasteiger partial charge in [0.1, 0.15) is 5.82 Å². The molecule has 1 saturated heterocycles. The number of likely N-dealkylation sites (tertiary alicyclic amines) is 1. The lowest BCUT2D eigenvalue weighted by Gasteiger charge is -2.30. The van der Waals surface area contributed by atoms with E-state index in [9.17, 15) is 4.79 Å². The summed E-state index contributed by atoms with van der Waals surface area (Å²) in [6.45, 7) is 2.90. The molecule has 3 heterocycles. The molecular formula is C16H22N4O2S. The van der Waals surface area contributed by atoms with Crippen LogP contribution in [0.4, 0.5) is 5.82 Å². The van der Waals surface area contributed by atoms with Crippen LogP contribution in [0.1, 0.15) is 17.7 Å². The first-order chi connectivity index (χ1) is 11.2. The molecule has 0 bridgehead atoms. The number of amides is 1. The van der Waals surface area contributed by atoms with Gasteiger partial charge in [0.25, 0.3) is 0 Å². The molecule has 124 valence electrons. The van der Waals surface area contributed by atoms with E-state index in [4.69, 9.17) is 4.74 Å². The van der Waals surface area contributed by atoms with Gasteiger partial charge in [-0.05, 0) is 24.3 Å². The minimum Gasteiger partial charge on any atom is -0.381 e. The Morgan fingerprint density at radius 3 is 2.96 bits per heavy atom. The zero-order chi connectivity index (χ0) is 16.1. The van der Waals surface area contributed by atoms with E-state index in [-0.39, 0.29) is 5.91 Å². The molecule has 3 rings (SSSR count). The van der Waals surface area contributed by atoms with Crippen molar-refractivity contribution < 1.29 is 9.53 Å². The van der Waals surface area contributed by atoms with Gasteiger partial charge in [-0.2, -0.15) is 5.10 Å². The van der Waals surface area contributed by atoms with Crippen molar-refractivity contribution >= 4 is 23.1 Å². The molecule has 0 spiro atoms. The molecule has 1 aliphatic heterocycles. The number of rotatable bonds is 6. The number of nitrogens with one attached hydrogen (secondary N) is 1. The SMILES string of the molecule is COC1CCN(CC(=O)Nc2ccnn2Cc2cccs2)CC1. The maximum Gasteiger partial charge on any atom is 0.239 e. The molecule has 1 amide bonds. The van der Waals surface area contributed by atoms with Crippen molar-refractivity contribution in [2.75, 3.05) is 32.1 Å². The van der Waals surface area contributed by atoms with Crippen LogP contribution < -0.4 is 5.32 Å². The number of thiophene rings is 1. The molecular weight excluding hydrogens is 312 g/mol. The fraction of sp³-hybridized carbons (Fsp3) is 0.500. The maximum absolute atomic E-state index is 12.3. The van der Waals surface area contributed by atoms with E-state index in [0.717, 1.165) is 31.7 Å². The van der Waals surface area contributed by atoms with Crippen molar-refractivity contribution in [1.82, 2.24) is 14.7 Å². The Kier molecular flexibility index (Phi) is 5.43. The predicted molar refractivity (Wildman–Crippen MR) is 90.7 cm³/mol. The lowest BCUT2D eigenvalue weighted by Crippen LogP contribution is -2.41. The second-order valence-electron chi connectivity index (χ2n) is 5.71.